The highest BCUT2D eigenvalue weighted by molar-refractivity contribution is 7.89. The molecule has 2 aromatic carbocycles. The molecule has 10 nitrogen and oxygen atoms in total. The molecular weight excluding hydrogens is 472 g/mol. The van der Waals surface area contributed by atoms with Gasteiger partial charge < -0.3 is 21.1 Å². The molecule has 35 heavy (non-hydrogen) atoms. The number of benzene rings is 2. The zero-order valence-electron chi connectivity index (χ0n) is 19.5. The third-order valence-corrected chi connectivity index (χ3v) is 7.58. The molecule has 0 unspecified atom stereocenters. The Hall–Kier alpha value is -3.02. The first-order chi connectivity index (χ1) is 16.8. The van der Waals surface area contributed by atoms with Crippen LogP contribution in [-0.2, 0) is 24.4 Å². The summed E-state index contributed by atoms with van der Waals surface area (Å²) in [6.07, 6.45) is 3.30. The summed E-state index contributed by atoms with van der Waals surface area (Å²) in [5, 5.41) is 19.1. The maximum absolute atomic E-state index is 12.9. The van der Waals surface area contributed by atoms with E-state index in [1.807, 2.05) is 0 Å². The van der Waals surface area contributed by atoms with E-state index >= 15 is 0 Å². The number of carboxylic acids is 1. The SMILES string of the molecule is O=C(CCC1CCNCC1)NCCC(=O)NC[C@H](NS(=O)(=O)c1cccc2ccccc12)C(=O)O. The molecule has 2 amide bonds. The average molecular weight is 505 g/mol. The van der Waals surface area contributed by atoms with Gasteiger partial charge in [-0.1, -0.05) is 36.4 Å². The van der Waals surface area contributed by atoms with Crippen molar-refractivity contribution in [3.63, 3.8) is 0 Å². The van der Waals surface area contributed by atoms with Crippen molar-refractivity contribution in [3.05, 3.63) is 42.5 Å². The summed E-state index contributed by atoms with van der Waals surface area (Å²) in [6.45, 7) is 1.64. The van der Waals surface area contributed by atoms with Crippen molar-refractivity contribution in [1.29, 1.82) is 0 Å². The number of carbonyl (C=O) groups is 3. The van der Waals surface area contributed by atoms with Gasteiger partial charge in [0.2, 0.25) is 21.8 Å². The number of fused-ring (bicyclic) bond motifs is 1. The van der Waals surface area contributed by atoms with E-state index in [0.717, 1.165) is 32.4 Å². The van der Waals surface area contributed by atoms with E-state index in [1.165, 1.54) is 6.07 Å². The van der Waals surface area contributed by atoms with Crippen molar-refractivity contribution in [2.45, 2.75) is 43.0 Å². The Labute approximate surface area is 204 Å². The van der Waals surface area contributed by atoms with Crippen LogP contribution in [0.4, 0.5) is 0 Å². The summed E-state index contributed by atoms with van der Waals surface area (Å²) >= 11 is 0. The van der Waals surface area contributed by atoms with Crippen molar-refractivity contribution in [1.82, 2.24) is 20.7 Å². The first kappa shape index (κ1) is 26.6. The molecule has 1 aliphatic heterocycles. The van der Waals surface area contributed by atoms with Gasteiger partial charge in [0.25, 0.3) is 0 Å². The Balaban J connectivity index is 1.45. The topological polar surface area (TPSA) is 154 Å². The number of piperidine rings is 1. The lowest BCUT2D eigenvalue weighted by Gasteiger charge is -2.22. The second-order valence-corrected chi connectivity index (χ2v) is 10.3. The van der Waals surface area contributed by atoms with Gasteiger partial charge in [-0.2, -0.15) is 4.72 Å². The van der Waals surface area contributed by atoms with Gasteiger partial charge in [0.15, 0.2) is 0 Å². The molecule has 5 N–H and O–H groups in total. The minimum Gasteiger partial charge on any atom is -0.480 e. The van der Waals surface area contributed by atoms with Crippen molar-refractivity contribution >= 4 is 38.6 Å². The second kappa shape index (κ2) is 12.6. The van der Waals surface area contributed by atoms with Crippen molar-refractivity contribution in [2.75, 3.05) is 26.2 Å². The summed E-state index contributed by atoms with van der Waals surface area (Å²) in [7, 11) is -4.17. The zero-order chi connectivity index (χ0) is 25.3. The second-order valence-electron chi connectivity index (χ2n) is 8.63. The Kier molecular flexibility index (Phi) is 9.58. The van der Waals surface area contributed by atoms with Crippen LogP contribution in [0.2, 0.25) is 0 Å². The minimum atomic E-state index is -4.17. The Morgan fingerprint density at radius 3 is 2.40 bits per heavy atom. The Bertz CT molecular complexity index is 1140. The van der Waals surface area contributed by atoms with E-state index in [9.17, 15) is 27.9 Å². The molecule has 0 spiro atoms. The normalized spacial score (nSPS) is 15.4. The predicted molar refractivity (Wildman–Crippen MR) is 131 cm³/mol. The van der Waals surface area contributed by atoms with Crippen LogP contribution >= 0.6 is 0 Å². The molecule has 0 radical (unpaired) electrons. The Morgan fingerprint density at radius 2 is 1.66 bits per heavy atom. The van der Waals surface area contributed by atoms with Crippen LogP contribution in [0.1, 0.15) is 32.1 Å². The van der Waals surface area contributed by atoms with Crippen molar-refractivity contribution in [2.24, 2.45) is 5.92 Å². The number of nitrogens with one attached hydrogen (secondary N) is 4. The third kappa shape index (κ3) is 8.01. The van der Waals surface area contributed by atoms with Crippen LogP contribution in [-0.4, -0.2) is 63.5 Å². The molecule has 3 rings (SSSR count). The molecule has 1 atom stereocenters. The minimum absolute atomic E-state index is 0.0402. The van der Waals surface area contributed by atoms with Gasteiger partial charge in [0.05, 0.1) is 4.90 Å². The van der Waals surface area contributed by atoms with E-state index in [1.54, 1.807) is 36.4 Å². The average Bonchev–Trinajstić information content (AvgIpc) is 2.85. The van der Waals surface area contributed by atoms with Gasteiger partial charge in [-0.15, -0.1) is 0 Å². The van der Waals surface area contributed by atoms with Crippen LogP contribution in [0.15, 0.2) is 47.4 Å². The van der Waals surface area contributed by atoms with E-state index in [-0.39, 0.29) is 23.8 Å². The molecular formula is C24H32N4O6S. The number of rotatable bonds is 12. The molecule has 1 heterocycles. The van der Waals surface area contributed by atoms with E-state index < -0.39 is 34.5 Å². The molecule has 0 aliphatic carbocycles. The molecule has 1 aliphatic rings. The van der Waals surface area contributed by atoms with Crippen LogP contribution in [0.3, 0.4) is 0 Å². The van der Waals surface area contributed by atoms with Gasteiger partial charge in [-0.05, 0) is 49.7 Å². The van der Waals surface area contributed by atoms with Gasteiger partial charge in [-0.25, -0.2) is 8.42 Å². The predicted octanol–water partition coefficient (Wildman–Crippen LogP) is 0.974. The molecule has 2 aromatic rings. The van der Waals surface area contributed by atoms with E-state index in [0.29, 0.717) is 23.1 Å². The summed E-state index contributed by atoms with van der Waals surface area (Å²) in [4.78, 5) is 35.7. The smallest absolute Gasteiger partial charge is 0.323 e. The lowest BCUT2D eigenvalue weighted by molar-refractivity contribution is -0.138. The lowest BCUT2D eigenvalue weighted by atomic mass is 9.93. The van der Waals surface area contributed by atoms with E-state index in [4.69, 9.17) is 0 Å². The quantitative estimate of drug-likeness (QED) is 0.289. The van der Waals surface area contributed by atoms with Gasteiger partial charge in [0, 0.05) is 31.3 Å². The van der Waals surface area contributed by atoms with Crippen molar-refractivity contribution in [3.8, 4) is 0 Å². The van der Waals surface area contributed by atoms with Gasteiger partial charge in [0.1, 0.15) is 6.04 Å². The number of carbonyl (C=O) groups excluding carboxylic acids is 2. The number of hydrogen-bond donors (Lipinski definition) is 5. The summed E-state index contributed by atoms with van der Waals surface area (Å²) in [5.41, 5.74) is 0. The third-order valence-electron chi connectivity index (χ3n) is 6.05. The first-order valence-corrected chi connectivity index (χ1v) is 13.2. The highest BCUT2D eigenvalue weighted by Crippen LogP contribution is 2.22. The van der Waals surface area contributed by atoms with Crippen molar-refractivity contribution < 1.29 is 27.9 Å². The highest BCUT2D eigenvalue weighted by Gasteiger charge is 2.27. The van der Waals surface area contributed by atoms with Crippen LogP contribution in [0.25, 0.3) is 10.8 Å². The summed E-state index contributed by atoms with van der Waals surface area (Å²) in [6, 6.07) is 10.1. The number of hydrogen-bond acceptors (Lipinski definition) is 6. The number of sulfonamides is 1. The molecule has 1 saturated heterocycles. The largest absolute Gasteiger partial charge is 0.480 e. The van der Waals surface area contributed by atoms with Crippen LogP contribution in [0.5, 0.6) is 0 Å². The fourth-order valence-corrected chi connectivity index (χ4v) is 5.49. The number of aliphatic carboxylic acids is 1. The monoisotopic (exact) mass is 504 g/mol. The molecule has 1 fully saturated rings. The summed E-state index contributed by atoms with van der Waals surface area (Å²) in [5.74, 6) is -1.49. The summed E-state index contributed by atoms with van der Waals surface area (Å²) < 4.78 is 27.9. The molecule has 11 heteroatoms. The number of amides is 2. The molecule has 0 saturated carbocycles. The maximum Gasteiger partial charge on any atom is 0.323 e. The first-order valence-electron chi connectivity index (χ1n) is 11.7. The molecule has 190 valence electrons. The lowest BCUT2D eigenvalue weighted by Crippen LogP contribution is -2.48. The molecule has 0 aromatic heterocycles. The highest BCUT2D eigenvalue weighted by atomic mass is 32.2. The van der Waals surface area contributed by atoms with Gasteiger partial charge >= 0.3 is 5.97 Å². The number of carboxylic acid groups (broad SMARTS) is 1. The molecule has 0 bridgehead atoms. The van der Waals surface area contributed by atoms with Gasteiger partial charge in [-0.3, -0.25) is 14.4 Å². The van der Waals surface area contributed by atoms with Crippen LogP contribution in [0, 0.1) is 5.92 Å². The fraction of sp³-hybridized carbons (Fsp3) is 0.458. The van der Waals surface area contributed by atoms with E-state index in [2.05, 4.69) is 20.7 Å². The Morgan fingerprint density at radius 1 is 0.971 bits per heavy atom. The standard InChI is InChI=1S/C24H32N4O6S/c29-22(9-8-17-10-13-25-14-11-17)26-15-12-23(30)27-16-20(24(31)32)28-35(33,34)21-7-3-5-18-4-1-2-6-19(18)21/h1-7,17,20,25,28H,8-16H2,(H,26,29)(H,27,30)(H,31,32)/t20-/m0/s1. The zero-order valence-corrected chi connectivity index (χ0v) is 20.3. The van der Waals surface area contributed by atoms with Crippen LogP contribution < -0.4 is 20.7 Å². The maximum atomic E-state index is 12.9. The fourth-order valence-electron chi connectivity index (χ4n) is 4.07.